The minimum absolute atomic E-state index is 0.114. The molecule has 0 saturated carbocycles. The molecule has 0 amide bonds. The minimum atomic E-state index is 0.114. The molecule has 0 spiro atoms. The van der Waals surface area contributed by atoms with Crippen molar-refractivity contribution < 1.29 is 9.84 Å². The number of ether oxygens (including phenoxy) is 1. The second kappa shape index (κ2) is 5.52. The maximum absolute atomic E-state index is 8.18. The highest BCUT2D eigenvalue weighted by Gasteiger charge is 1.91. The molecule has 2 nitrogen and oxygen atoms in total. The van der Waals surface area contributed by atoms with Crippen molar-refractivity contribution in [3.63, 3.8) is 0 Å². The molecule has 0 aliphatic carbocycles. The maximum Gasteiger partial charge on any atom is 0.159 e. The van der Waals surface area contributed by atoms with Crippen LogP contribution < -0.4 is 0 Å². The fourth-order valence-electron chi connectivity index (χ4n) is 0.142. The molecule has 0 aromatic rings. The zero-order valence-electron chi connectivity index (χ0n) is 3.60. The maximum atomic E-state index is 8.18. The van der Waals surface area contributed by atoms with Gasteiger partial charge in [0, 0.05) is 0 Å². The van der Waals surface area contributed by atoms with Gasteiger partial charge in [-0.1, -0.05) is 0 Å². The van der Waals surface area contributed by atoms with E-state index in [0.717, 1.165) is 0 Å². The van der Waals surface area contributed by atoms with E-state index in [9.17, 15) is 0 Å². The number of alkyl halides is 2. The Labute approximate surface area is 69.9 Å². The lowest BCUT2D eigenvalue weighted by Gasteiger charge is -1.99. The lowest BCUT2D eigenvalue weighted by Crippen LogP contribution is -2.00. The largest absolute Gasteiger partial charge is 0.394 e. The molecular weight excluding hydrogens is 322 g/mol. The van der Waals surface area contributed by atoms with Crippen LogP contribution in [0.3, 0.4) is 0 Å². The highest BCUT2D eigenvalue weighted by Crippen LogP contribution is 2.09. The van der Waals surface area contributed by atoms with Gasteiger partial charge in [0.05, 0.1) is 13.2 Å². The van der Waals surface area contributed by atoms with Crippen molar-refractivity contribution in [1.82, 2.24) is 0 Å². The van der Waals surface area contributed by atoms with E-state index in [4.69, 9.17) is 9.84 Å². The molecule has 0 fully saturated rings. The van der Waals surface area contributed by atoms with Crippen molar-refractivity contribution in [3.8, 4) is 0 Å². The summed E-state index contributed by atoms with van der Waals surface area (Å²) in [6, 6.07) is 0. The summed E-state index contributed by atoms with van der Waals surface area (Å²) in [7, 11) is 0. The average molecular weight is 328 g/mol. The van der Waals surface area contributed by atoms with Gasteiger partial charge in [-0.25, -0.2) is 0 Å². The summed E-state index contributed by atoms with van der Waals surface area (Å²) in [5.41, 5.74) is 0. The first-order valence-electron chi connectivity index (χ1n) is 1.78. The van der Waals surface area contributed by atoms with Crippen molar-refractivity contribution in [2.75, 3.05) is 13.2 Å². The van der Waals surface area contributed by atoms with Crippen LogP contribution in [0.25, 0.3) is 0 Å². The number of halogens is 2. The third-order valence-corrected chi connectivity index (χ3v) is 1.05. The molecule has 0 rings (SSSR count). The molecule has 0 aromatic heterocycles. The predicted molar refractivity (Wildman–Crippen MR) is 44.9 cm³/mol. The molecule has 4 heteroatoms. The van der Waals surface area contributed by atoms with E-state index < -0.39 is 0 Å². The van der Waals surface area contributed by atoms with Crippen LogP contribution in [0.15, 0.2) is 0 Å². The summed E-state index contributed by atoms with van der Waals surface area (Å²) in [6.45, 7) is 0.555. The molecule has 0 radical (unpaired) electrons. The van der Waals surface area contributed by atoms with E-state index in [0.29, 0.717) is 6.61 Å². The predicted octanol–water partition coefficient (Wildman–Crippen LogP) is 1.15. The van der Waals surface area contributed by atoms with Crippen molar-refractivity contribution in [1.29, 1.82) is 0 Å². The van der Waals surface area contributed by atoms with Gasteiger partial charge in [0.25, 0.3) is 0 Å². The zero-order chi connectivity index (χ0) is 5.70. The topological polar surface area (TPSA) is 29.5 Å². The van der Waals surface area contributed by atoms with Gasteiger partial charge in [0.15, 0.2) is 2.12 Å². The standard InChI is InChI=1S/C3H6I2O2/c4-3(5)7-2-1-6/h3,6H,1-2H2. The van der Waals surface area contributed by atoms with E-state index in [1.807, 2.05) is 0 Å². The zero-order valence-corrected chi connectivity index (χ0v) is 7.92. The first-order chi connectivity index (χ1) is 3.27. The molecule has 0 bridgehead atoms. The fourth-order valence-corrected chi connectivity index (χ4v) is 0.650. The van der Waals surface area contributed by atoms with Crippen LogP contribution >= 0.6 is 45.2 Å². The number of aliphatic hydroxyl groups is 1. The van der Waals surface area contributed by atoms with Crippen molar-refractivity contribution in [2.24, 2.45) is 0 Å². The summed E-state index contributed by atoms with van der Waals surface area (Å²) < 4.78 is 5.10. The van der Waals surface area contributed by atoms with Crippen molar-refractivity contribution in [2.45, 2.75) is 2.12 Å². The normalized spacial score (nSPS) is 10.3. The van der Waals surface area contributed by atoms with Gasteiger partial charge in [-0.05, 0) is 45.2 Å². The van der Waals surface area contributed by atoms with Crippen LogP contribution in [0.4, 0.5) is 0 Å². The van der Waals surface area contributed by atoms with E-state index in [1.54, 1.807) is 0 Å². The molecule has 44 valence electrons. The van der Waals surface area contributed by atoms with Crippen molar-refractivity contribution in [3.05, 3.63) is 0 Å². The first kappa shape index (κ1) is 8.38. The van der Waals surface area contributed by atoms with E-state index in [2.05, 4.69) is 45.2 Å². The quantitative estimate of drug-likeness (QED) is 0.622. The lowest BCUT2D eigenvalue weighted by atomic mass is 10.8. The van der Waals surface area contributed by atoms with E-state index in [-0.39, 0.29) is 8.72 Å². The van der Waals surface area contributed by atoms with Gasteiger partial charge in [-0.2, -0.15) is 0 Å². The van der Waals surface area contributed by atoms with Crippen LogP contribution in [0, 0.1) is 0 Å². The third kappa shape index (κ3) is 7.38. The summed E-state index contributed by atoms with van der Waals surface area (Å²) in [5.74, 6) is 0. The Bertz CT molecular complexity index is 39.9. The third-order valence-electron chi connectivity index (χ3n) is 0.335. The smallest absolute Gasteiger partial charge is 0.159 e. The summed E-state index contributed by atoms with van der Waals surface area (Å²) in [6.07, 6.45) is 0. The molecule has 0 heterocycles. The van der Waals surface area contributed by atoms with E-state index in [1.165, 1.54) is 0 Å². The average Bonchev–Trinajstić information content (AvgIpc) is 1.61. The molecule has 0 aliphatic heterocycles. The first-order valence-corrected chi connectivity index (χ1v) is 4.27. The second-order valence-electron chi connectivity index (χ2n) is 0.855. The molecular formula is C3H6I2O2. The molecule has 1 N–H and O–H groups in total. The van der Waals surface area contributed by atoms with Crippen LogP contribution in [0.5, 0.6) is 0 Å². The van der Waals surface area contributed by atoms with Crippen LogP contribution in [0.2, 0.25) is 0 Å². The minimum Gasteiger partial charge on any atom is -0.394 e. The highest BCUT2D eigenvalue weighted by molar-refractivity contribution is 14.2. The molecule has 0 aromatic carbocycles. The molecule has 7 heavy (non-hydrogen) atoms. The van der Waals surface area contributed by atoms with E-state index >= 15 is 0 Å². The Hall–Kier alpha value is 1.38. The Morgan fingerprint density at radius 1 is 1.57 bits per heavy atom. The van der Waals surface area contributed by atoms with Gasteiger partial charge in [-0.3, -0.25) is 0 Å². The number of rotatable bonds is 3. The van der Waals surface area contributed by atoms with Gasteiger partial charge in [-0.15, -0.1) is 0 Å². The summed E-state index contributed by atoms with van der Waals surface area (Å²) in [5, 5.41) is 8.18. The lowest BCUT2D eigenvalue weighted by molar-refractivity contribution is 0.124. The Balaban J connectivity index is 2.68. The molecule has 0 saturated heterocycles. The Morgan fingerprint density at radius 2 is 2.14 bits per heavy atom. The SMILES string of the molecule is OCCOC(I)I. The Kier molecular flexibility index (Phi) is 6.60. The van der Waals surface area contributed by atoms with Crippen LogP contribution in [0.1, 0.15) is 0 Å². The monoisotopic (exact) mass is 328 g/mol. The van der Waals surface area contributed by atoms with Gasteiger partial charge in [0.2, 0.25) is 0 Å². The van der Waals surface area contributed by atoms with Crippen molar-refractivity contribution >= 4 is 45.2 Å². The number of hydrogen-bond donors (Lipinski definition) is 1. The van der Waals surface area contributed by atoms with Crippen LogP contribution in [-0.4, -0.2) is 20.4 Å². The molecule has 0 unspecified atom stereocenters. The summed E-state index contributed by atoms with van der Waals surface area (Å²) in [4.78, 5) is 0. The Morgan fingerprint density at radius 3 is 2.29 bits per heavy atom. The van der Waals surface area contributed by atoms with Gasteiger partial charge >= 0.3 is 0 Å². The van der Waals surface area contributed by atoms with Gasteiger partial charge in [0.1, 0.15) is 0 Å². The molecule has 0 atom stereocenters. The fraction of sp³-hybridized carbons (Fsp3) is 1.00. The summed E-state index contributed by atoms with van der Waals surface area (Å²) >= 11 is 4.24. The number of hydrogen-bond acceptors (Lipinski definition) is 2. The highest BCUT2D eigenvalue weighted by atomic mass is 127. The van der Waals surface area contributed by atoms with Gasteiger partial charge < -0.3 is 9.84 Å². The molecule has 0 aliphatic rings. The second-order valence-corrected chi connectivity index (χ2v) is 5.50. The number of aliphatic hydroxyl groups excluding tert-OH is 1. The van der Waals surface area contributed by atoms with Crippen LogP contribution in [-0.2, 0) is 4.74 Å².